The van der Waals surface area contributed by atoms with Gasteiger partial charge in [0, 0.05) is 11.5 Å². The average Bonchev–Trinajstić information content (AvgIpc) is 3.34. The van der Waals surface area contributed by atoms with Crippen molar-refractivity contribution in [1.82, 2.24) is 19.7 Å². The van der Waals surface area contributed by atoms with Crippen LogP contribution in [0.15, 0.2) is 23.0 Å². The zero-order valence-corrected chi connectivity index (χ0v) is 14.6. The number of nitrogens with one attached hydrogen (secondary N) is 1. The molecule has 0 spiro atoms. The van der Waals surface area contributed by atoms with E-state index >= 15 is 0 Å². The molecule has 1 saturated carbocycles. The number of nitrogens with zero attached hydrogens (tertiary/aromatic N) is 3. The third-order valence-corrected chi connectivity index (χ3v) is 4.82. The molecule has 1 aliphatic rings. The smallest absolute Gasteiger partial charge is 0.310 e. The van der Waals surface area contributed by atoms with Crippen molar-refractivity contribution in [2.75, 3.05) is 0 Å². The highest BCUT2D eigenvalue weighted by atomic mass is 19.4. The maximum Gasteiger partial charge on any atom is 0.416 e. The molecular weight excluding hydrogens is 364 g/mol. The summed E-state index contributed by atoms with van der Waals surface area (Å²) in [4.78, 5) is 19.4. The van der Waals surface area contributed by atoms with Crippen LogP contribution < -0.4 is 5.56 Å². The minimum Gasteiger partial charge on any atom is -0.310 e. The summed E-state index contributed by atoms with van der Waals surface area (Å²) in [5, 5.41) is 4.85. The largest absolute Gasteiger partial charge is 0.416 e. The number of halogens is 4. The Morgan fingerprint density at radius 2 is 2.00 bits per heavy atom. The van der Waals surface area contributed by atoms with Crippen molar-refractivity contribution in [3.63, 3.8) is 0 Å². The Labute approximate surface area is 151 Å². The van der Waals surface area contributed by atoms with E-state index in [1.807, 2.05) is 0 Å². The van der Waals surface area contributed by atoms with E-state index in [0.29, 0.717) is 28.6 Å². The summed E-state index contributed by atoms with van der Waals surface area (Å²) in [7, 11) is 0. The predicted molar refractivity (Wildman–Crippen MR) is 90.1 cm³/mol. The van der Waals surface area contributed by atoms with Gasteiger partial charge in [-0.25, -0.2) is 14.1 Å². The van der Waals surface area contributed by atoms with E-state index < -0.39 is 23.6 Å². The van der Waals surface area contributed by atoms with Gasteiger partial charge in [0.2, 0.25) is 0 Å². The molecule has 1 aromatic carbocycles. The maximum atomic E-state index is 14.4. The molecule has 1 unspecified atom stereocenters. The van der Waals surface area contributed by atoms with Crippen LogP contribution in [0.5, 0.6) is 0 Å². The summed E-state index contributed by atoms with van der Waals surface area (Å²) in [6.45, 7) is 3.24. The fourth-order valence-electron chi connectivity index (χ4n) is 3.27. The number of benzene rings is 1. The number of hydrogen-bond acceptors (Lipinski definition) is 3. The van der Waals surface area contributed by atoms with Crippen molar-refractivity contribution in [2.24, 2.45) is 0 Å². The van der Waals surface area contributed by atoms with Crippen LogP contribution in [0.3, 0.4) is 0 Å². The molecule has 3 aromatic rings. The lowest BCUT2D eigenvalue weighted by Gasteiger charge is -2.16. The van der Waals surface area contributed by atoms with Crippen molar-refractivity contribution in [2.45, 2.75) is 44.8 Å². The number of rotatable bonds is 3. The van der Waals surface area contributed by atoms with Crippen LogP contribution in [-0.4, -0.2) is 19.7 Å². The summed E-state index contributed by atoms with van der Waals surface area (Å²) in [6.07, 6.45) is -2.81. The highest BCUT2D eigenvalue weighted by molar-refractivity contribution is 5.78. The van der Waals surface area contributed by atoms with Gasteiger partial charge in [-0.15, -0.1) is 0 Å². The number of hydrogen-bond donors (Lipinski definition) is 1. The Morgan fingerprint density at radius 1 is 1.30 bits per heavy atom. The highest BCUT2D eigenvalue weighted by Gasteiger charge is 2.34. The number of aromatic amines is 1. The van der Waals surface area contributed by atoms with Crippen molar-refractivity contribution >= 4 is 11.0 Å². The van der Waals surface area contributed by atoms with E-state index in [0.717, 1.165) is 25.0 Å². The predicted octanol–water partition coefficient (Wildman–Crippen LogP) is 4.07. The molecule has 0 amide bonds. The molecule has 0 aliphatic heterocycles. The normalized spacial score (nSPS) is 16.1. The highest BCUT2D eigenvalue weighted by Crippen LogP contribution is 2.42. The van der Waals surface area contributed by atoms with E-state index in [-0.39, 0.29) is 17.0 Å². The zero-order chi connectivity index (χ0) is 19.5. The molecule has 9 heteroatoms. The average molecular weight is 380 g/mol. The van der Waals surface area contributed by atoms with Gasteiger partial charge in [0.05, 0.1) is 17.3 Å². The molecule has 1 fully saturated rings. The molecule has 0 radical (unpaired) electrons. The van der Waals surface area contributed by atoms with E-state index in [2.05, 4.69) is 15.1 Å². The van der Waals surface area contributed by atoms with E-state index in [9.17, 15) is 22.4 Å². The topological polar surface area (TPSA) is 63.6 Å². The first-order chi connectivity index (χ1) is 12.7. The monoisotopic (exact) mass is 380 g/mol. The minimum atomic E-state index is -4.62. The molecule has 5 nitrogen and oxygen atoms in total. The van der Waals surface area contributed by atoms with Gasteiger partial charge >= 0.3 is 6.18 Å². The number of aromatic nitrogens is 4. The molecule has 27 heavy (non-hydrogen) atoms. The SMILES string of the molecule is Cc1nc2c(c(C3CC3)nn2C(C)c2ccc(C(F)(F)F)cc2F)c(=O)[nH]1. The lowest BCUT2D eigenvalue weighted by molar-refractivity contribution is -0.137. The molecule has 1 atom stereocenters. The summed E-state index contributed by atoms with van der Waals surface area (Å²) in [5.41, 5.74) is -0.395. The van der Waals surface area contributed by atoms with Crippen molar-refractivity contribution in [3.05, 3.63) is 57.0 Å². The van der Waals surface area contributed by atoms with Gasteiger partial charge in [-0.05, 0) is 38.8 Å². The quantitative estimate of drug-likeness (QED) is 0.697. The standard InChI is InChI=1S/C18H16F4N4O/c1-8(12-6-5-11(7-13(12)19)18(20,21)22)26-16-14(15(25-26)10-3-4-10)17(27)24-9(2)23-16/h5-8,10H,3-4H2,1-2H3,(H,23,24,27). The van der Waals surface area contributed by atoms with Crippen LogP contribution in [-0.2, 0) is 6.18 Å². The fourth-order valence-corrected chi connectivity index (χ4v) is 3.27. The first-order valence-electron chi connectivity index (χ1n) is 8.52. The van der Waals surface area contributed by atoms with Gasteiger partial charge in [0.1, 0.15) is 17.0 Å². The molecule has 0 saturated heterocycles. The van der Waals surface area contributed by atoms with Crippen LogP contribution in [0.4, 0.5) is 17.6 Å². The first-order valence-corrected chi connectivity index (χ1v) is 8.52. The Kier molecular flexibility index (Phi) is 3.87. The van der Waals surface area contributed by atoms with Crippen LogP contribution in [0.2, 0.25) is 0 Å². The molecule has 1 aliphatic carbocycles. The molecule has 2 heterocycles. The molecular formula is C18H16F4N4O. The molecule has 2 aromatic heterocycles. The van der Waals surface area contributed by atoms with Crippen LogP contribution >= 0.6 is 0 Å². The summed E-state index contributed by atoms with van der Waals surface area (Å²) >= 11 is 0. The summed E-state index contributed by atoms with van der Waals surface area (Å²) in [6, 6.07) is 1.70. The zero-order valence-electron chi connectivity index (χ0n) is 14.6. The lowest BCUT2D eigenvalue weighted by Crippen LogP contribution is -2.15. The van der Waals surface area contributed by atoms with Crippen LogP contribution in [0.25, 0.3) is 11.0 Å². The second-order valence-electron chi connectivity index (χ2n) is 6.86. The maximum absolute atomic E-state index is 14.4. The van der Waals surface area contributed by atoms with E-state index in [1.165, 1.54) is 4.68 Å². The molecule has 4 rings (SSSR count). The number of H-pyrrole nitrogens is 1. The summed E-state index contributed by atoms with van der Waals surface area (Å²) < 4.78 is 54.2. The first kappa shape index (κ1) is 17.7. The number of fused-ring (bicyclic) bond motifs is 1. The minimum absolute atomic E-state index is 0.0504. The van der Waals surface area contributed by atoms with Crippen molar-refractivity contribution in [3.8, 4) is 0 Å². The van der Waals surface area contributed by atoms with Crippen molar-refractivity contribution in [1.29, 1.82) is 0 Å². The second-order valence-corrected chi connectivity index (χ2v) is 6.86. The van der Waals surface area contributed by atoms with Gasteiger partial charge < -0.3 is 4.98 Å². The Balaban J connectivity index is 1.86. The third-order valence-electron chi connectivity index (χ3n) is 4.82. The number of aryl methyl sites for hydroxylation is 1. The Hall–Kier alpha value is -2.71. The van der Waals surface area contributed by atoms with Gasteiger partial charge in [-0.3, -0.25) is 4.79 Å². The van der Waals surface area contributed by atoms with E-state index in [4.69, 9.17) is 0 Å². The van der Waals surface area contributed by atoms with Gasteiger partial charge in [0.15, 0.2) is 5.65 Å². The molecule has 1 N–H and O–H groups in total. The number of alkyl halides is 3. The van der Waals surface area contributed by atoms with Crippen LogP contribution in [0.1, 0.15) is 54.4 Å². The van der Waals surface area contributed by atoms with Gasteiger partial charge in [0.25, 0.3) is 5.56 Å². The van der Waals surface area contributed by atoms with Crippen LogP contribution in [0, 0.1) is 12.7 Å². The lowest BCUT2D eigenvalue weighted by atomic mass is 10.0. The third kappa shape index (κ3) is 3.00. The Morgan fingerprint density at radius 3 is 2.59 bits per heavy atom. The Bertz CT molecular complexity index is 1100. The summed E-state index contributed by atoms with van der Waals surface area (Å²) in [5.74, 6) is -0.435. The second kappa shape index (κ2) is 5.90. The van der Waals surface area contributed by atoms with Gasteiger partial charge in [-0.1, -0.05) is 6.07 Å². The van der Waals surface area contributed by atoms with Gasteiger partial charge in [-0.2, -0.15) is 18.3 Å². The van der Waals surface area contributed by atoms with E-state index in [1.54, 1.807) is 13.8 Å². The molecule has 0 bridgehead atoms. The fraction of sp³-hybridized carbons (Fsp3) is 0.389. The van der Waals surface area contributed by atoms with Crippen molar-refractivity contribution < 1.29 is 17.6 Å². The molecule has 142 valence electrons.